The van der Waals surface area contributed by atoms with Crippen LogP contribution in [0.3, 0.4) is 0 Å². The van der Waals surface area contributed by atoms with Crippen molar-refractivity contribution < 1.29 is 18.7 Å². The van der Waals surface area contributed by atoms with E-state index in [4.69, 9.17) is 9.47 Å². The summed E-state index contributed by atoms with van der Waals surface area (Å²) >= 11 is 1.30. The average Bonchev–Trinajstić information content (AvgIpc) is 2.60. The number of ether oxygens (including phenoxy) is 2. The van der Waals surface area contributed by atoms with Gasteiger partial charge in [0.1, 0.15) is 24.8 Å². The molecule has 24 heavy (non-hydrogen) atoms. The molecule has 0 saturated heterocycles. The van der Waals surface area contributed by atoms with Crippen molar-refractivity contribution in [2.24, 2.45) is 0 Å². The number of halogens is 1. The van der Waals surface area contributed by atoms with Gasteiger partial charge in [-0.1, -0.05) is 19.1 Å². The van der Waals surface area contributed by atoms with Crippen LogP contribution in [0.1, 0.15) is 13.3 Å². The van der Waals surface area contributed by atoms with Gasteiger partial charge in [-0.05, 0) is 24.3 Å². The summed E-state index contributed by atoms with van der Waals surface area (Å²) in [5.74, 6) is -0.466. The Kier molecular flexibility index (Phi) is 4.76. The third kappa shape index (κ3) is 3.10. The molecule has 3 rings (SSSR count). The fourth-order valence-corrected chi connectivity index (χ4v) is 3.52. The van der Waals surface area contributed by atoms with Crippen LogP contribution in [-0.4, -0.2) is 19.2 Å². The lowest BCUT2D eigenvalue weighted by molar-refractivity contribution is -0.143. The summed E-state index contributed by atoms with van der Waals surface area (Å²) in [6, 6.07) is 9.79. The van der Waals surface area contributed by atoms with Crippen LogP contribution in [0.15, 0.2) is 41.2 Å². The lowest BCUT2D eigenvalue weighted by Gasteiger charge is -2.10. The van der Waals surface area contributed by atoms with Crippen molar-refractivity contribution in [1.29, 1.82) is 0 Å². The number of fused-ring (bicyclic) bond motifs is 2. The minimum absolute atomic E-state index is 0.0294. The van der Waals surface area contributed by atoms with Gasteiger partial charge in [-0.2, -0.15) is 0 Å². The molecule has 2 aromatic carbocycles. The molecule has 1 aromatic heterocycles. The molecule has 0 atom stereocenters. The highest BCUT2D eigenvalue weighted by atomic mass is 32.1. The normalized spacial score (nSPS) is 10.9. The van der Waals surface area contributed by atoms with Crippen molar-refractivity contribution >= 4 is 37.5 Å². The minimum Gasteiger partial charge on any atom is -0.489 e. The van der Waals surface area contributed by atoms with Crippen LogP contribution in [0.4, 0.5) is 4.39 Å². The van der Waals surface area contributed by atoms with E-state index < -0.39 is 5.82 Å². The molecule has 0 saturated carbocycles. The van der Waals surface area contributed by atoms with Gasteiger partial charge in [-0.3, -0.25) is 9.59 Å². The Morgan fingerprint density at radius 2 is 1.96 bits per heavy atom. The van der Waals surface area contributed by atoms with E-state index in [1.54, 1.807) is 19.1 Å². The maximum Gasteiger partial charge on any atom is 0.305 e. The van der Waals surface area contributed by atoms with Crippen molar-refractivity contribution in [3.05, 3.63) is 52.4 Å². The largest absolute Gasteiger partial charge is 0.489 e. The molecule has 0 radical (unpaired) electrons. The Morgan fingerprint density at radius 3 is 2.75 bits per heavy atom. The molecule has 3 aromatic rings. The maximum atomic E-state index is 14.2. The fourth-order valence-electron chi connectivity index (χ4n) is 2.36. The Labute approximate surface area is 141 Å². The quantitative estimate of drug-likeness (QED) is 0.400. The number of carbonyl (C=O) groups excluding carboxylic acids is 1. The zero-order valence-corrected chi connectivity index (χ0v) is 13.8. The molecule has 124 valence electrons. The second kappa shape index (κ2) is 6.97. The Balaban J connectivity index is 1.99. The van der Waals surface area contributed by atoms with Gasteiger partial charge in [0.2, 0.25) is 0 Å². The summed E-state index contributed by atoms with van der Waals surface area (Å²) in [5.41, 5.74) is -0.347. The number of hydrogen-bond acceptors (Lipinski definition) is 5. The first-order valence-electron chi connectivity index (χ1n) is 7.54. The number of benzene rings is 2. The van der Waals surface area contributed by atoms with E-state index in [0.29, 0.717) is 22.3 Å². The summed E-state index contributed by atoms with van der Waals surface area (Å²) in [6.45, 7) is 1.95. The lowest BCUT2D eigenvalue weighted by Crippen LogP contribution is -2.11. The zero-order valence-electron chi connectivity index (χ0n) is 13.0. The zero-order chi connectivity index (χ0) is 17.1. The molecule has 0 N–H and O–H groups in total. The monoisotopic (exact) mass is 346 g/mol. The first-order chi connectivity index (χ1) is 11.6. The lowest BCUT2D eigenvalue weighted by atomic mass is 10.1. The molecular formula is C18H15FO4S. The summed E-state index contributed by atoms with van der Waals surface area (Å²) in [5, 5.41) is 0.518. The molecule has 0 fully saturated rings. The molecule has 6 heteroatoms. The van der Waals surface area contributed by atoms with Gasteiger partial charge in [0.25, 0.3) is 0 Å². The highest BCUT2D eigenvalue weighted by molar-refractivity contribution is 7.24. The number of hydrogen-bond donors (Lipinski definition) is 0. The van der Waals surface area contributed by atoms with E-state index in [9.17, 15) is 14.0 Å². The smallest absolute Gasteiger partial charge is 0.305 e. The SMILES string of the molecule is CCC(=O)OCCOc1ccc(F)c2c(=O)c3ccccc3sc12. The van der Waals surface area contributed by atoms with E-state index in [1.807, 2.05) is 12.1 Å². The first-order valence-corrected chi connectivity index (χ1v) is 8.36. The van der Waals surface area contributed by atoms with E-state index in [1.165, 1.54) is 23.5 Å². The molecule has 0 aliphatic carbocycles. The van der Waals surface area contributed by atoms with Crippen molar-refractivity contribution in [2.45, 2.75) is 13.3 Å². The number of rotatable bonds is 5. The van der Waals surface area contributed by atoms with E-state index in [2.05, 4.69) is 0 Å². The number of esters is 1. The predicted octanol–water partition coefficient (Wildman–Crippen LogP) is 3.89. The fraction of sp³-hybridized carbons (Fsp3) is 0.222. The summed E-state index contributed by atoms with van der Waals surface area (Å²) in [4.78, 5) is 23.7. The molecule has 0 amide bonds. The Morgan fingerprint density at radius 1 is 1.17 bits per heavy atom. The van der Waals surface area contributed by atoms with Gasteiger partial charge in [-0.25, -0.2) is 4.39 Å². The van der Waals surface area contributed by atoms with Crippen LogP contribution in [0.2, 0.25) is 0 Å². The van der Waals surface area contributed by atoms with Gasteiger partial charge < -0.3 is 9.47 Å². The maximum absolute atomic E-state index is 14.2. The molecule has 0 aliphatic heterocycles. The third-order valence-corrected chi connectivity index (χ3v) is 4.72. The van der Waals surface area contributed by atoms with Crippen molar-refractivity contribution in [3.63, 3.8) is 0 Å². The van der Waals surface area contributed by atoms with Crippen molar-refractivity contribution in [2.75, 3.05) is 13.2 Å². The number of carbonyl (C=O) groups is 1. The van der Waals surface area contributed by atoms with E-state index >= 15 is 0 Å². The molecule has 1 heterocycles. The predicted molar refractivity (Wildman–Crippen MR) is 92.3 cm³/mol. The molecule has 0 spiro atoms. The second-order valence-corrected chi connectivity index (χ2v) is 6.15. The van der Waals surface area contributed by atoms with Crippen molar-refractivity contribution in [1.82, 2.24) is 0 Å². The van der Waals surface area contributed by atoms with Crippen LogP contribution in [0.5, 0.6) is 5.75 Å². The minimum atomic E-state index is -0.568. The second-order valence-electron chi connectivity index (χ2n) is 5.10. The van der Waals surface area contributed by atoms with Crippen LogP contribution >= 0.6 is 11.3 Å². The standard InChI is InChI=1S/C18H15FO4S/c1-2-15(20)23-10-9-22-13-8-7-12(19)16-17(21)11-5-3-4-6-14(11)24-18(13)16/h3-8H,2,9-10H2,1H3. The summed E-state index contributed by atoms with van der Waals surface area (Å²) in [7, 11) is 0. The molecule has 4 nitrogen and oxygen atoms in total. The summed E-state index contributed by atoms with van der Waals surface area (Å²) < 4.78 is 25.9. The molecule has 0 bridgehead atoms. The highest BCUT2D eigenvalue weighted by Crippen LogP contribution is 2.33. The van der Waals surface area contributed by atoms with Crippen LogP contribution in [0.25, 0.3) is 20.2 Å². The van der Waals surface area contributed by atoms with Gasteiger partial charge in [0.05, 0.1) is 10.1 Å². The van der Waals surface area contributed by atoms with Crippen molar-refractivity contribution in [3.8, 4) is 5.75 Å². The highest BCUT2D eigenvalue weighted by Gasteiger charge is 2.14. The van der Waals surface area contributed by atoms with Gasteiger partial charge in [0, 0.05) is 16.5 Å². The molecular weight excluding hydrogens is 331 g/mol. The summed E-state index contributed by atoms with van der Waals surface area (Å²) in [6.07, 6.45) is 0.299. The first kappa shape index (κ1) is 16.4. The third-order valence-electron chi connectivity index (χ3n) is 3.53. The molecule has 0 unspecified atom stereocenters. The van der Waals surface area contributed by atoms with Gasteiger partial charge >= 0.3 is 5.97 Å². The Bertz CT molecular complexity index is 964. The Hall–Kier alpha value is -2.47. The van der Waals surface area contributed by atoms with Gasteiger partial charge in [0.15, 0.2) is 5.43 Å². The van der Waals surface area contributed by atoms with Gasteiger partial charge in [-0.15, -0.1) is 11.3 Å². The van der Waals surface area contributed by atoms with Crippen LogP contribution in [0, 0.1) is 5.82 Å². The van der Waals surface area contributed by atoms with Crippen LogP contribution in [-0.2, 0) is 9.53 Å². The van der Waals surface area contributed by atoms with Crippen LogP contribution < -0.4 is 10.2 Å². The molecule has 0 aliphatic rings. The average molecular weight is 346 g/mol. The topological polar surface area (TPSA) is 52.6 Å². The van der Waals surface area contributed by atoms with E-state index in [0.717, 1.165) is 4.70 Å². The van der Waals surface area contributed by atoms with E-state index in [-0.39, 0.29) is 30.0 Å².